The van der Waals surface area contributed by atoms with E-state index < -0.39 is 0 Å². The van der Waals surface area contributed by atoms with Crippen LogP contribution in [0.15, 0.2) is 0 Å². The first-order valence-electron chi connectivity index (χ1n) is 9.63. The van der Waals surface area contributed by atoms with Gasteiger partial charge in [-0.05, 0) is 17.8 Å². The molecule has 0 amide bonds. The average Bonchev–Trinajstić information content (AvgIpc) is 2.45. The van der Waals surface area contributed by atoms with Crippen LogP contribution in [0, 0.1) is 17.8 Å². The Kier molecular flexibility index (Phi) is 14.0. The lowest BCUT2D eigenvalue weighted by Gasteiger charge is -2.20. The van der Waals surface area contributed by atoms with Crippen molar-refractivity contribution in [3.05, 3.63) is 0 Å². The van der Waals surface area contributed by atoms with Gasteiger partial charge in [0.2, 0.25) is 0 Å². The maximum atomic E-state index is 2.32. The van der Waals surface area contributed by atoms with Crippen molar-refractivity contribution in [2.45, 2.75) is 112 Å². The standard InChI is InChI=1S/C11H24.C9H18/c1-5-7-11(6-2)9-8-10(3)4;1-2-6-9-7-4-3-5-8-9/h10-11H,5-9H2,1-4H3;9H,2-8H2,1H3. The molecule has 0 aromatic heterocycles. The zero-order chi connectivity index (χ0) is 15.2. The molecule has 1 rings (SSSR count). The molecule has 0 spiro atoms. The summed E-state index contributed by atoms with van der Waals surface area (Å²) in [4.78, 5) is 0. The lowest BCUT2D eigenvalue weighted by atomic mass is 9.86. The minimum absolute atomic E-state index is 0.890. The Morgan fingerprint density at radius 3 is 1.90 bits per heavy atom. The Labute approximate surface area is 130 Å². The quantitative estimate of drug-likeness (QED) is 0.429. The first-order valence-corrected chi connectivity index (χ1v) is 9.63. The molecule has 0 aromatic rings. The van der Waals surface area contributed by atoms with Gasteiger partial charge in [-0.15, -0.1) is 0 Å². The first-order chi connectivity index (χ1) is 9.63. The van der Waals surface area contributed by atoms with Gasteiger partial charge in [-0.25, -0.2) is 0 Å². The lowest BCUT2D eigenvalue weighted by molar-refractivity contribution is 0.336. The topological polar surface area (TPSA) is 0 Å². The third kappa shape index (κ3) is 11.8. The van der Waals surface area contributed by atoms with Crippen molar-refractivity contribution in [1.82, 2.24) is 0 Å². The summed E-state index contributed by atoms with van der Waals surface area (Å²) in [5.74, 6) is 2.99. The minimum Gasteiger partial charge on any atom is -0.0654 e. The Morgan fingerprint density at radius 2 is 1.45 bits per heavy atom. The summed E-state index contributed by atoms with van der Waals surface area (Å²) in [7, 11) is 0. The number of hydrogen-bond acceptors (Lipinski definition) is 0. The summed E-state index contributed by atoms with van der Waals surface area (Å²) in [6, 6.07) is 0. The predicted molar refractivity (Wildman–Crippen MR) is 94.2 cm³/mol. The Balaban J connectivity index is 0.000000367. The SMILES string of the molecule is CCCC(CC)CCC(C)C.CCCC1CCCCC1. The van der Waals surface area contributed by atoms with Gasteiger partial charge in [-0.2, -0.15) is 0 Å². The third-order valence-corrected chi connectivity index (χ3v) is 4.85. The molecule has 0 aliphatic heterocycles. The zero-order valence-electron chi connectivity index (χ0n) is 15.2. The van der Waals surface area contributed by atoms with E-state index in [1.807, 2.05) is 0 Å². The second kappa shape index (κ2) is 14.0. The summed E-state index contributed by atoms with van der Waals surface area (Å²) in [6.45, 7) is 11.5. The molecular weight excluding hydrogens is 240 g/mol. The van der Waals surface area contributed by atoms with Gasteiger partial charge in [0.1, 0.15) is 0 Å². The molecule has 122 valence electrons. The highest BCUT2D eigenvalue weighted by Crippen LogP contribution is 2.26. The second-order valence-electron chi connectivity index (χ2n) is 7.33. The molecule has 0 bridgehead atoms. The van der Waals surface area contributed by atoms with Crippen LogP contribution in [0.5, 0.6) is 0 Å². The van der Waals surface area contributed by atoms with Gasteiger partial charge in [0.15, 0.2) is 0 Å². The van der Waals surface area contributed by atoms with Crippen molar-refractivity contribution in [1.29, 1.82) is 0 Å². The van der Waals surface area contributed by atoms with Crippen molar-refractivity contribution in [3.63, 3.8) is 0 Å². The van der Waals surface area contributed by atoms with Crippen molar-refractivity contribution < 1.29 is 0 Å². The summed E-state index contributed by atoms with van der Waals surface area (Å²) in [6.07, 6.45) is 17.5. The fourth-order valence-corrected chi connectivity index (χ4v) is 3.41. The van der Waals surface area contributed by atoms with Crippen LogP contribution in [0.25, 0.3) is 0 Å². The molecule has 0 aromatic carbocycles. The normalized spacial score (nSPS) is 17.7. The molecular formula is C20H42. The zero-order valence-corrected chi connectivity index (χ0v) is 15.2. The van der Waals surface area contributed by atoms with Gasteiger partial charge in [0, 0.05) is 0 Å². The van der Waals surface area contributed by atoms with Gasteiger partial charge in [0.05, 0.1) is 0 Å². The Hall–Kier alpha value is 0. The molecule has 1 saturated carbocycles. The highest BCUT2D eigenvalue weighted by atomic mass is 14.2. The van der Waals surface area contributed by atoms with Gasteiger partial charge in [-0.3, -0.25) is 0 Å². The molecule has 0 radical (unpaired) electrons. The van der Waals surface area contributed by atoms with E-state index >= 15 is 0 Å². The van der Waals surface area contributed by atoms with Crippen LogP contribution in [0.2, 0.25) is 0 Å². The van der Waals surface area contributed by atoms with E-state index in [0.717, 1.165) is 17.8 Å². The van der Waals surface area contributed by atoms with Gasteiger partial charge in [-0.1, -0.05) is 112 Å². The molecule has 1 atom stereocenters. The van der Waals surface area contributed by atoms with Gasteiger partial charge < -0.3 is 0 Å². The van der Waals surface area contributed by atoms with E-state index in [9.17, 15) is 0 Å². The third-order valence-electron chi connectivity index (χ3n) is 4.85. The maximum Gasteiger partial charge on any atom is -0.0414 e. The highest BCUT2D eigenvalue weighted by Gasteiger charge is 2.11. The first kappa shape index (κ1) is 20.0. The Morgan fingerprint density at radius 1 is 0.800 bits per heavy atom. The molecule has 1 fully saturated rings. The number of rotatable bonds is 8. The van der Waals surface area contributed by atoms with Gasteiger partial charge >= 0.3 is 0 Å². The molecule has 0 N–H and O–H groups in total. The summed E-state index contributed by atoms with van der Waals surface area (Å²) in [5, 5.41) is 0. The Bertz CT molecular complexity index is 174. The van der Waals surface area contributed by atoms with E-state index in [1.165, 1.54) is 77.0 Å². The van der Waals surface area contributed by atoms with Crippen LogP contribution >= 0.6 is 0 Å². The molecule has 1 unspecified atom stereocenters. The summed E-state index contributed by atoms with van der Waals surface area (Å²) < 4.78 is 0. The highest BCUT2D eigenvalue weighted by molar-refractivity contribution is 4.64. The summed E-state index contributed by atoms with van der Waals surface area (Å²) in [5.41, 5.74) is 0. The van der Waals surface area contributed by atoms with Crippen LogP contribution in [0.1, 0.15) is 112 Å². The van der Waals surface area contributed by atoms with Gasteiger partial charge in [0.25, 0.3) is 0 Å². The lowest BCUT2D eigenvalue weighted by Crippen LogP contribution is -2.04. The number of hydrogen-bond donors (Lipinski definition) is 0. The van der Waals surface area contributed by atoms with Crippen LogP contribution in [-0.2, 0) is 0 Å². The van der Waals surface area contributed by atoms with Crippen molar-refractivity contribution >= 4 is 0 Å². The van der Waals surface area contributed by atoms with Crippen molar-refractivity contribution in [2.75, 3.05) is 0 Å². The van der Waals surface area contributed by atoms with Crippen LogP contribution in [0.4, 0.5) is 0 Å². The molecule has 0 heteroatoms. The maximum absolute atomic E-state index is 2.32. The molecule has 1 aliphatic rings. The average molecular weight is 283 g/mol. The van der Waals surface area contributed by atoms with Crippen molar-refractivity contribution in [3.8, 4) is 0 Å². The van der Waals surface area contributed by atoms with Crippen LogP contribution < -0.4 is 0 Å². The molecule has 0 nitrogen and oxygen atoms in total. The van der Waals surface area contributed by atoms with E-state index in [2.05, 4.69) is 34.6 Å². The second-order valence-corrected chi connectivity index (χ2v) is 7.33. The molecule has 1 aliphatic carbocycles. The van der Waals surface area contributed by atoms with Crippen LogP contribution in [-0.4, -0.2) is 0 Å². The molecule has 20 heavy (non-hydrogen) atoms. The van der Waals surface area contributed by atoms with Crippen LogP contribution in [0.3, 0.4) is 0 Å². The smallest absolute Gasteiger partial charge is 0.0414 e. The van der Waals surface area contributed by atoms with E-state index in [-0.39, 0.29) is 0 Å². The summed E-state index contributed by atoms with van der Waals surface area (Å²) >= 11 is 0. The monoisotopic (exact) mass is 282 g/mol. The van der Waals surface area contributed by atoms with Crippen molar-refractivity contribution in [2.24, 2.45) is 17.8 Å². The predicted octanol–water partition coefficient (Wildman–Crippen LogP) is 7.62. The van der Waals surface area contributed by atoms with E-state index in [4.69, 9.17) is 0 Å². The fourth-order valence-electron chi connectivity index (χ4n) is 3.41. The fraction of sp³-hybridized carbons (Fsp3) is 1.00. The largest absolute Gasteiger partial charge is 0.0654 e. The van der Waals surface area contributed by atoms with E-state index in [1.54, 1.807) is 0 Å². The molecule has 0 saturated heterocycles. The molecule has 0 heterocycles. The minimum atomic E-state index is 0.890. The van der Waals surface area contributed by atoms with E-state index in [0.29, 0.717) is 0 Å².